The average molecular weight is 298 g/mol. The van der Waals surface area contributed by atoms with Crippen LogP contribution in [0.1, 0.15) is 0 Å². The second-order valence-electron chi connectivity index (χ2n) is 0.283. The van der Waals surface area contributed by atoms with Crippen LogP contribution in [0.15, 0.2) is 0 Å². The van der Waals surface area contributed by atoms with Crippen LogP contribution in [-0.2, 0) is 0 Å². The number of hydrogen-bond donors (Lipinski definition) is 2. The molecule has 6 heavy (non-hydrogen) atoms. The van der Waals surface area contributed by atoms with Crippen LogP contribution < -0.4 is 0 Å². The molecule has 0 amide bonds. The summed E-state index contributed by atoms with van der Waals surface area (Å²) in [6.45, 7) is 0. The molecule has 0 aliphatic rings. The molecule has 2 N–H and O–H groups in total. The van der Waals surface area contributed by atoms with Gasteiger partial charge in [0.15, 0.2) is 0 Å². The van der Waals surface area contributed by atoms with Crippen molar-refractivity contribution in [1.82, 2.24) is 0 Å². The van der Waals surface area contributed by atoms with E-state index in [2.05, 4.69) is 0 Å². The van der Waals surface area contributed by atoms with Gasteiger partial charge in [-0.3, -0.25) is 0 Å². The van der Waals surface area contributed by atoms with Gasteiger partial charge in [-0.25, -0.2) is 4.79 Å². The Morgan fingerprint density at radius 3 is 1.33 bits per heavy atom. The van der Waals surface area contributed by atoms with Crippen molar-refractivity contribution in [2.75, 3.05) is 0 Å². The first-order valence-electron chi connectivity index (χ1n) is 0.651. The van der Waals surface area contributed by atoms with Crippen LogP contribution in [0, 0.1) is 0 Å². The summed E-state index contributed by atoms with van der Waals surface area (Å²) in [4.78, 5) is 8.56. The van der Waals surface area contributed by atoms with E-state index in [4.69, 9.17) is 15.0 Å². The Morgan fingerprint density at radius 1 is 1.33 bits per heavy atom. The molecule has 0 spiro atoms. The van der Waals surface area contributed by atoms with E-state index in [0.29, 0.717) is 0 Å². The fraction of sp³-hybridized carbons (Fsp3) is 0. The quantitative estimate of drug-likeness (QED) is 0.529. The van der Waals surface area contributed by atoms with E-state index in [1.165, 1.54) is 0 Å². The molecule has 0 bridgehead atoms. The Hall–Kier alpha value is 1.15. The Morgan fingerprint density at radius 2 is 1.33 bits per heavy atom. The second-order valence-corrected chi connectivity index (χ2v) is 0.283. The van der Waals surface area contributed by atoms with Gasteiger partial charge in [-0.15, -0.1) is 0 Å². The minimum absolute atomic E-state index is 0. The van der Waals surface area contributed by atoms with E-state index in [-0.39, 0.29) is 55.8 Å². The molecule has 0 rings (SSSR count). The van der Waals surface area contributed by atoms with Gasteiger partial charge in [0.2, 0.25) is 0 Å². The number of hydrogen-bond acceptors (Lipinski definition) is 1. The van der Waals surface area contributed by atoms with Crippen molar-refractivity contribution in [2.45, 2.75) is 0 Å². The Kier molecular flexibility index (Phi) is 24.8. The molecule has 0 radical (unpaired) electrons. The molecule has 0 atom stereocenters. The maximum atomic E-state index is 8.56. The van der Waals surface area contributed by atoms with Gasteiger partial charge in [-0.05, 0) is 0 Å². The van der Waals surface area contributed by atoms with Gasteiger partial charge in [0.1, 0.15) is 0 Å². The van der Waals surface area contributed by atoms with Crippen LogP contribution in [-0.4, -0.2) is 72.1 Å². The normalized spacial score (nSPS) is 4.00. The fourth-order valence-corrected chi connectivity index (χ4v) is 0. The average Bonchev–Trinajstić information content (AvgIpc) is 0.811. The predicted molar refractivity (Wildman–Crippen MR) is 27.7 cm³/mol. The van der Waals surface area contributed by atoms with Crippen molar-refractivity contribution in [1.29, 1.82) is 0 Å². The Bertz CT molecular complexity index is 33.8. The maximum absolute atomic E-state index is 8.56. The Balaban J connectivity index is -0.0000000450. The summed E-state index contributed by atoms with van der Waals surface area (Å²) in [5, 5.41) is 13.9. The first-order chi connectivity index (χ1) is 1.73. The molecule has 34 valence electrons. The summed E-state index contributed by atoms with van der Waals surface area (Å²) in [5.41, 5.74) is 0. The van der Waals surface area contributed by atoms with Gasteiger partial charge in [-0.2, -0.15) is 0 Å². The minimum atomic E-state index is -1.83. The van der Waals surface area contributed by atoms with E-state index < -0.39 is 6.16 Å². The second kappa shape index (κ2) is 9.47. The van der Waals surface area contributed by atoms with Gasteiger partial charge in [-0.1, -0.05) is 0 Å². The van der Waals surface area contributed by atoms with Crippen molar-refractivity contribution in [3.63, 3.8) is 0 Å². The molecule has 0 aliphatic heterocycles. The Labute approximate surface area is 76.2 Å². The van der Waals surface area contributed by atoms with Gasteiger partial charge in [0.25, 0.3) is 0 Å². The SMILES string of the molecule is O=C(O)O.[BiH3].[NaH]. The summed E-state index contributed by atoms with van der Waals surface area (Å²) in [5.74, 6) is 0. The molecule has 0 aromatic rings. The van der Waals surface area contributed by atoms with Crippen molar-refractivity contribution in [3.05, 3.63) is 0 Å². The molecular weight excluding hydrogens is 292 g/mol. The van der Waals surface area contributed by atoms with Crippen LogP contribution in [0.5, 0.6) is 0 Å². The summed E-state index contributed by atoms with van der Waals surface area (Å²) >= 11 is 0. The van der Waals surface area contributed by atoms with Gasteiger partial charge in [0, 0.05) is 0 Å². The van der Waals surface area contributed by atoms with Crippen molar-refractivity contribution >= 4 is 61.9 Å². The standard InChI is InChI=1S/CH2O3.Bi.Na.4H/c2-1(3)4;;;;;;/h(H2,2,3,4);;;;;;. The van der Waals surface area contributed by atoms with Crippen molar-refractivity contribution in [3.8, 4) is 0 Å². The predicted octanol–water partition coefficient (Wildman–Crippen LogP) is -1.61. The summed E-state index contributed by atoms with van der Waals surface area (Å²) < 4.78 is 0. The van der Waals surface area contributed by atoms with E-state index in [0.717, 1.165) is 0 Å². The molecule has 0 saturated heterocycles. The van der Waals surface area contributed by atoms with Crippen molar-refractivity contribution in [2.24, 2.45) is 0 Å². The molecule has 0 fully saturated rings. The molecule has 5 heteroatoms. The van der Waals surface area contributed by atoms with Crippen LogP contribution in [0.2, 0.25) is 0 Å². The third kappa shape index (κ3) is 66.8. The van der Waals surface area contributed by atoms with Gasteiger partial charge < -0.3 is 10.2 Å². The van der Waals surface area contributed by atoms with Crippen LogP contribution in [0.4, 0.5) is 4.79 Å². The number of carbonyl (C=O) groups is 1. The molecule has 0 saturated carbocycles. The van der Waals surface area contributed by atoms with E-state index >= 15 is 0 Å². The molecule has 0 unspecified atom stereocenters. The van der Waals surface area contributed by atoms with Crippen LogP contribution >= 0.6 is 0 Å². The zero-order chi connectivity index (χ0) is 3.58. The molecule has 0 aliphatic carbocycles. The third-order valence-corrected chi connectivity index (χ3v) is 0. The van der Waals surface area contributed by atoms with Crippen LogP contribution in [0.3, 0.4) is 0 Å². The topological polar surface area (TPSA) is 57.5 Å². The first kappa shape index (κ1) is 15.7. The summed E-state index contributed by atoms with van der Waals surface area (Å²) in [7, 11) is 0. The first-order valence-corrected chi connectivity index (χ1v) is 0.651. The number of carboxylic acid groups (broad SMARTS) is 2. The molecule has 0 aromatic heterocycles. The molecular formula is CH6BiNaO3. The van der Waals surface area contributed by atoms with E-state index in [1.54, 1.807) is 0 Å². The molecule has 3 nitrogen and oxygen atoms in total. The zero-order valence-electron chi connectivity index (χ0n) is 2.51. The van der Waals surface area contributed by atoms with Gasteiger partial charge in [0.05, 0.1) is 0 Å². The molecule has 0 heterocycles. The fourth-order valence-electron chi connectivity index (χ4n) is 0. The van der Waals surface area contributed by atoms with Gasteiger partial charge >= 0.3 is 61.9 Å². The van der Waals surface area contributed by atoms with E-state index in [9.17, 15) is 0 Å². The summed E-state index contributed by atoms with van der Waals surface area (Å²) in [6.07, 6.45) is -1.83. The van der Waals surface area contributed by atoms with E-state index in [1.807, 2.05) is 0 Å². The summed E-state index contributed by atoms with van der Waals surface area (Å²) in [6, 6.07) is 0. The molecule has 0 aromatic carbocycles. The van der Waals surface area contributed by atoms with Crippen molar-refractivity contribution < 1.29 is 15.0 Å². The monoisotopic (exact) mass is 298 g/mol. The van der Waals surface area contributed by atoms with Crippen LogP contribution in [0.25, 0.3) is 0 Å². The number of rotatable bonds is 0. The zero-order valence-corrected chi connectivity index (χ0v) is 8.01. The third-order valence-electron chi connectivity index (χ3n) is 0.